The van der Waals surface area contributed by atoms with Gasteiger partial charge in [-0.3, -0.25) is 9.48 Å². The van der Waals surface area contributed by atoms with Crippen molar-refractivity contribution in [2.45, 2.75) is 20.3 Å². The lowest BCUT2D eigenvalue weighted by Gasteiger charge is -2.08. The Balaban J connectivity index is 2.23. The molecule has 0 saturated heterocycles. The van der Waals surface area contributed by atoms with Gasteiger partial charge < -0.3 is 10.1 Å². The molecule has 0 spiro atoms. The van der Waals surface area contributed by atoms with Crippen LogP contribution in [0.4, 0.5) is 5.82 Å². The summed E-state index contributed by atoms with van der Waals surface area (Å²) in [7, 11) is 3.35. The molecule has 0 fully saturated rings. The maximum absolute atomic E-state index is 12.2. The molecule has 0 bridgehead atoms. The molecular weight excluding hydrogens is 256 g/mol. The molecule has 2 rings (SSSR count). The molecule has 2 heterocycles. The molecule has 6 heteroatoms. The summed E-state index contributed by atoms with van der Waals surface area (Å²) in [6.45, 7) is 3.97. The number of hydrogen-bond acceptors (Lipinski definition) is 4. The Morgan fingerprint density at radius 1 is 1.45 bits per heavy atom. The van der Waals surface area contributed by atoms with Crippen LogP contribution in [0.2, 0.25) is 0 Å². The second-order valence-electron chi connectivity index (χ2n) is 4.43. The number of ether oxygens (including phenoxy) is 1. The summed E-state index contributed by atoms with van der Waals surface area (Å²) >= 11 is 0. The summed E-state index contributed by atoms with van der Waals surface area (Å²) in [6, 6.07) is 3.33. The van der Waals surface area contributed by atoms with E-state index in [1.165, 1.54) is 13.3 Å². The molecule has 0 unspecified atom stereocenters. The molecule has 1 N–H and O–H groups in total. The number of anilines is 1. The molecule has 0 aromatic carbocycles. The summed E-state index contributed by atoms with van der Waals surface area (Å²) in [4.78, 5) is 16.2. The third-order valence-electron chi connectivity index (χ3n) is 3.14. The largest absolute Gasteiger partial charge is 0.481 e. The van der Waals surface area contributed by atoms with E-state index >= 15 is 0 Å². The Bertz CT molecular complexity index is 617. The molecule has 106 valence electrons. The van der Waals surface area contributed by atoms with Gasteiger partial charge in [-0.2, -0.15) is 5.10 Å². The van der Waals surface area contributed by atoms with E-state index in [-0.39, 0.29) is 5.91 Å². The van der Waals surface area contributed by atoms with Crippen LogP contribution in [0, 0.1) is 6.92 Å². The Hall–Kier alpha value is -2.37. The van der Waals surface area contributed by atoms with Gasteiger partial charge in [0.1, 0.15) is 5.82 Å². The number of aromatic nitrogens is 3. The fraction of sp³-hybridized carbons (Fsp3) is 0.357. The molecule has 0 aliphatic carbocycles. The van der Waals surface area contributed by atoms with Gasteiger partial charge in [0.25, 0.3) is 5.91 Å². The Labute approximate surface area is 117 Å². The summed E-state index contributed by atoms with van der Waals surface area (Å²) in [6.07, 6.45) is 2.30. The number of amides is 1. The van der Waals surface area contributed by atoms with Crippen LogP contribution in [-0.4, -0.2) is 27.8 Å². The first kappa shape index (κ1) is 14.0. The van der Waals surface area contributed by atoms with E-state index in [4.69, 9.17) is 4.74 Å². The van der Waals surface area contributed by atoms with Crippen molar-refractivity contribution in [1.82, 2.24) is 14.8 Å². The highest BCUT2D eigenvalue weighted by Gasteiger charge is 2.15. The van der Waals surface area contributed by atoms with Crippen molar-refractivity contribution in [3.05, 3.63) is 35.2 Å². The molecule has 2 aromatic heterocycles. The summed E-state index contributed by atoms with van der Waals surface area (Å²) in [5.41, 5.74) is 2.45. The highest BCUT2D eigenvalue weighted by Crippen LogP contribution is 2.20. The van der Waals surface area contributed by atoms with Crippen molar-refractivity contribution >= 4 is 11.7 Å². The molecule has 0 radical (unpaired) electrons. The number of carbonyl (C=O) groups is 1. The van der Waals surface area contributed by atoms with E-state index in [0.29, 0.717) is 11.4 Å². The zero-order valence-corrected chi connectivity index (χ0v) is 12.1. The van der Waals surface area contributed by atoms with E-state index in [1.54, 1.807) is 16.8 Å². The standard InChI is InChI=1S/C14H18N4O2/c1-5-11-9(2)17-18(3)13(11)16-14(19)10-6-7-12(20-4)15-8-10/h6-8H,5H2,1-4H3,(H,16,19). The highest BCUT2D eigenvalue weighted by atomic mass is 16.5. The monoisotopic (exact) mass is 274 g/mol. The molecule has 2 aromatic rings. The number of nitrogens with zero attached hydrogens (tertiary/aromatic N) is 3. The number of carbonyl (C=O) groups excluding carboxylic acids is 1. The van der Waals surface area contributed by atoms with E-state index in [0.717, 1.165) is 23.5 Å². The van der Waals surface area contributed by atoms with Crippen LogP contribution < -0.4 is 10.1 Å². The van der Waals surface area contributed by atoms with Crippen LogP contribution in [0.5, 0.6) is 5.88 Å². The van der Waals surface area contributed by atoms with Crippen LogP contribution in [0.3, 0.4) is 0 Å². The van der Waals surface area contributed by atoms with Crippen LogP contribution in [0.25, 0.3) is 0 Å². The van der Waals surface area contributed by atoms with Crippen molar-refractivity contribution < 1.29 is 9.53 Å². The fourth-order valence-corrected chi connectivity index (χ4v) is 2.10. The van der Waals surface area contributed by atoms with E-state index in [9.17, 15) is 4.79 Å². The lowest BCUT2D eigenvalue weighted by Crippen LogP contribution is -2.16. The highest BCUT2D eigenvalue weighted by molar-refractivity contribution is 6.04. The van der Waals surface area contributed by atoms with Crippen LogP contribution >= 0.6 is 0 Å². The Morgan fingerprint density at radius 2 is 2.20 bits per heavy atom. The molecule has 20 heavy (non-hydrogen) atoms. The predicted molar refractivity (Wildman–Crippen MR) is 76.1 cm³/mol. The van der Waals surface area contributed by atoms with Crippen molar-refractivity contribution in [1.29, 1.82) is 0 Å². The summed E-state index contributed by atoms with van der Waals surface area (Å²) in [5, 5.41) is 7.21. The van der Waals surface area contributed by atoms with Gasteiger partial charge in [0.2, 0.25) is 5.88 Å². The van der Waals surface area contributed by atoms with Gasteiger partial charge in [-0.15, -0.1) is 0 Å². The maximum atomic E-state index is 12.2. The van der Waals surface area contributed by atoms with E-state index in [2.05, 4.69) is 15.4 Å². The fourth-order valence-electron chi connectivity index (χ4n) is 2.10. The lowest BCUT2D eigenvalue weighted by atomic mass is 10.2. The van der Waals surface area contributed by atoms with Crippen LogP contribution in [0.1, 0.15) is 28.5 Å². The Kier molecular flexibility index (Phi) is 4.02. The molecule has 6 nitrogen and oxygen atoms in total. The van der Waals surface area contributed by atoms with Crippen molar-refractivity contribution in [2.24, 2.45) is 7.05 Å². The third kappa shape index (κ3) is 2.64. The maximum Gasteiger partial charge on any atom is 0.258 e. The molecule has 0 saturated carbocycles. The zero-order valence-electron chi connectivity index (χ0n) is 12.1. The smallest absolute Gasteiger partial charge is 0.258 e. The molecule has 0 atom stereocenters. The lowest BCUT2D eigenvalue weighted by molar-refractivity contribution is 0.102. The average Bonchev–Trinajstić information content (AvgIpc) is 2.72. The van der Waals surface area contributed by atoms with Gasteiger partial charge in [0, 0.05) is 24.9 Å². The Morgan fingerprint density at radius 3 is 2.75 bits per heavy atom. The predicted octanol–water partition coefficient (Wildman–Crippen LogP) is 1.95. The summed E-state index contributed by atoms with van der Waals surface area (Å²) < 4.78 is 6.65. The van der Waals surface area contributed by atoms with Crippen molar-refractivity contribution in [3.63, 3.8) is 0 Å². The number of aryl methyl sites for hydroxylation is 2. The number of methoxy groups -OCH3 is 1. The minimum Gasteiger partial charge on any atom is -0.481 e. The van der Waals surface area contributed by atoms with Crippen molar-refractivity contribution in [3.8, 4) is 5.88 Å². The number of nitrogens with one attached hydrogen (secondary N) is 1. The average molecular weight is 274 g/mol. The van der Waals surface area contributed by atoms with Crippen LogP contribution in [0.15, 0.2) is 18.3 Å². The second kappa shape index (κ2) is 5.73. The topological polar surface area (TPSA) is 69.0 Å². The van der Waals surface area contributed by atoms with Crippen LogP contribution in [-0.2, 0) is 13.5 Å². The molecular formula is C14H18N4O2. The SMILES string of the molecule is CCc1c(C)nn(C)c1NC(=O)c1ccc(OC)nc1. The minimum absolute atomic E-state index is 0.210. The van der Waals surface area contributed by atoms with Gasteiger partial charge in [-0.1, -0.05) is 6.92 Å². The van der Waals surface area contributed by atoms with Gasteiger partial charge in [0.05, 0.1) is 18.4 Å². The number of rotatable bonds is 4. The first-order chi connectivity index (χ1) is 9.56. The van der Waals surface area contributed by atoms with E-state index in [1.807, 2.05) is 20.9 Å². The summed E-state index contributed by atoms with van der Waals surface area (Å²) in [5.74, 6) is 0.996. The first-order valence-corrected chi connectivity index (χ1v) is 6.40. The van der Waals surface area contributed by atoms with Crippen molar-refractivity contribution in [2.75, 3.05) is 12.4 Å². The third-order valence-corrected chi connectivity index (χ3v) is 3.14. The zero-order chi connectivity index (χ0) is 14.7. The first-order valence-electron chi connectivity index (χ1n) is 6.40. The molecule has 1 amide bonds. The van der Waals surface area contributed by atoms with Gasteiger partial charge in [0.15, 0.2) is 0 Å². The van der Waals surface area contributed by atoms with Gasteiger partial charge >= 0.3 is 0 Å². The normalized spacial score (nSPS) is 10.4. The van der Waals surface area contributed by atoms with Gasteiger partial charge in [-0.25, -0.2) is 4.98 Å². The number of hydrogen-bond donors (Lipinski definition) is 1. The molecule has 0 aliphatic rings. The number of pyridine rings is 1. The van der Waals surface area contributed by atoms with E-state index < -0.39 is 0 Å². The quantitative estimate of drug-likeness (QED) is 0.925. The minimum atomic E-state index is -0.210. The molecule has 0 aliphatic heterocycles. The van der Waals surface area contributed by atoms with Gasteiger partial charge in [-0.05, 0) is 19.4 Å². The second-order valence-corrected chi connectivity index (χ2v) is 4.43.